The third-order valence-corrected chi connectivity index (χ3v) is 3.53. The fourth-order valence-electron chi connectivity index (χ4n) is 2.69. The number of carbonyl (C=O) groups is 1. The number of Topliss-reactive ketones (excluding diaryl/α,β-unsaturated/α-hetero) is 1. The lowest BCUT2D eigenvalue weighted by Crippen LogP contribution is -2.15. The number of aryl methyl sites for hydroxylation is 3. The van der Waals surface area contributed by atoms with E-state index in [-0.39, 0.29) is 11.3 Å². The Balaban J connectivity index is 2.53. The largest absolute Gasteiger partial charge is 0.292 e. The Morgan fingerprint density at radius 3 is 2.24 bits per heavy atom. The summed E-state index contributed by atoms with van der Waals surface area (Å²) in [6.45, 7) is 5.62. The van der Waals surface area contributed by atoms with Gasteiger partial charge in [0.1, 0.15) is 11.7 Å². The molecule has 0 radical (unpaired) electrons. The van der Waals surface area contributed by atoms with E-state index >= 15 is 0 Å². The number of carbonyl (C=O) groups excluding carboxylic acids is 1. The van der Waals surface area contributed by atoms with Crippen molar-refractivity contribution in [1.29, 1.82) is 5.26 Å². The second kappa shape index (κ2) is 5.88. The van der Waals surface area contributed by atoms with Crippen LogP contribution in [-0.4, -0.2) is 5.78 Å². The van der Waals surface area contributed by atoms with Crippen LogP contribution in [0.3, 0.4) is 0 Å². The number of nitriles is 1. The summed E-state index contributed by atoms with van der Waals surface area (Å²) in [4.78, 5) is 12.7. The molecule has 1 unspecified atom stereocenters. The normalized spacial score (nSPS) is 11.8. The van der Waals surface area contributed by atoms with Crippen molar-refractivity contribution in [3.63, 3.8) is 0 Å². The van der Waals surface area contributed by atoms with Crippen LogP contribution in [0.2, 0.25) is 0 Å². The predicted molar refractivity (Wildman–Crippen MR) is 79.7 cm³/mol. The highest BCUT2D eigenvalue weighted by Crippen LogP contribution is 2.27. The number of halogens is 1. The van der Waals surface area contributed by atoms with Gasteiger partial charge in [0.25, 0.3) is 0 Å². The molecule has 2 aromatic rings. The lowest BCUT2D eigenvalue weighted by atomic mass is 9.87. The lowest BCUT2D eigenvalue weighted by Gasteiger charge is -2.14. The van der Waals surface area contributed by atoms with Crippen LogP contribution >= 0.6 is 0 Å². The summed E-state index contributed by atoms with van der Waals surface area (Å²) < 4.78 is 13.9. The maximum Gasteiger partial charge on any atom is 0.185 e. The van der Waals surface area contributed by atoms with Gasteiger partial charge in [-0.3, -0.25) is 4.79 Å². The van der Waals surface area contributed by atoms with E-state index in [0.717, 1.165) is 16.7 Å². The third-order valence-electron chi connectivity index (χ3n) is 3.53. The average Bonchev–Trinajstić information content (AvgIpc) is 2.40. The van der Waals surface area contributed by atoms with Crippen molar-refractivity contribution in [2.45, 2.75) is 26.7 Å². The van der Waals surface area contributed by atoms with E-state index in [2.05, 4.69) is 0 Å². The molecule has 106 valence electrons. The molecule has 0 heterocycles. The van der Waals surface area contributed by atoms with E-state index in [1.165, 1.54) is 12.1 Å². The molecule has 2 nitrogen and oxygen atoms in total. The summed E-state index contributed by atoms with van der Waals surface area (Å²) in [7, 11) is 0. The van der Waals surface area contributed by atoms with Crippen LogP contribution in [-0.2, 0) is 0 Å². The van der Waals surface area contributed by atoms with Crippen LogP contribution in [0.1, 0.15) is 38.5 Å². The quantitative estimate of drug-likeness (QED) is 0.789. The van der Waals surface area contributed by atoms with Gasteiger partial charge in [-0.15, -0.1) is 0 Å². The van der Waals surface area contributed by atoms with Gasteiger partial charge in [-0.1, -0.05) is 35.9 Å². The molecule has 0 aliphatic carbocycles. The molecule has 21 heavy (non-hydrogen) atoms. The van der Waals surface area contributed by atoms with Gasteiger partial charge in [-0.05, 0) is 38.0 Å². The van der Waals surface area contributed by atoms with Crippen molar-refractivity contribution in [3.8, 4) is 6.07 Å². The molecule has 2 aromatic carbocycles. The lowest BCUT2D eigenvalue weighted by molar-refractivity contribution is 0.0976. The van der Waals surface area contributed by atoms with E-state index in [0.29, 0.717) is 5.56 Å². The van der Waals surface area contributed by atoms with Crippen LogP contribution in [0.4, 0.5) is 4.39 Å². The molecule has 0 amide bonds. The Bertz CT molecular complexity index is 720. The van der Waals surface area contributed by atoms with E-state index in [9.17, 15) is 14.4 Å². The first-order chi connectivity index (χ1) is 9.95. The molecule has 0 saturated carbocycles. The van der Waals surface area contributed by atoms with Gasteiger partial charge in [0.2, 0.25) is 0 Å². The second-order valence-corrected chi connectivity index (χ2v) is 5.22. The van der Waals surface area contributed by atoms with Crippen molar-refractivity contribution in [1.82, 2.24) is 0 Å². The molecule has 0 fully saturated rings. The standard InChI is InChI=1S/C18H16FNO/c1-11-8-12(2)17(13(3)9-11)18(21)15(10-20)14-6-4-5-7-16(14)19/h4-9,15H,1-3H3. The summed E-state index contributed by atoms with van der Waals surface area (Å²) in [5.74, 6) is -2.00. The Kier molecular flexibility index (Phi) is 4.18. The zero-order valence-corrected chi connectivity index (χ0v) is 12.3. The molecule has 0 aliphatic heterocycles. The third kappa shape index (κ3) is 2.85. The van der Waals surface area contributed by atoms with Gasteiger partial charge in [0.15, 0.2) is 5.78 Å². The topological polar surface area (TPSA) is 40.9 Å². The van der Waals surface area contributed by atoms with E-state index in [4.69, 9.17) is 0 Å². The first-order valence-electron chi connectivity index (χ1n) is 6.71. The Labute approximate surface area is 123 Å². The number of benzene rings is 2. The van der Waals surface area contributed by atoms with Gasteiger partial charge < -0.3 is 0 Å². The zero-order chi connectivity index (χ0) is 15.6. The number of hydrogen-bond donors (Lipinski definition) is 0. The molecule has 3 heteroatoms. The molecule has 0 N–H and O–H groups in total. The minimum absolute atomic E-state index is 0.129. The Morgan fingerprint density at radius 1 is 1.14 bits per heavy atom. The Hall–Kier alpha value is -2.47. The van der Waals surface area contributed by atoms with Crippen molar-refractivity contribution in [2.75, 3.05) is 0 Å². The first-order valence-corrected chi connectivity index (χ1v) is 6.71. The fourth-order valence-corrected chi connectivity index (χ4v) is 2.69. The summed E-state index contributed by atoms with van der Waals surface area (Å²) in [5, 5.41) is 9.33. The average molecular weight is 281 g/mol. The zero-order valence-electron chi connectivity index (χ0n) is 12.3. The van der Waals surface area contributed by atoms with Crippen LogP contribution in [0.5, 0.6) is 0 Å². The van der Waals surface area contributed by atoms with E-state index in [1.807, 2.05) is 39.0 Å². The highest BCUT2D eigenvalue weighted by molar-refractivity contribution is 6.05. The molecular weight excluding hydrogens is 265 g/mol. The van der Waals surface area contributed by atoms with Crippen molar-refractivity contribution in [3.05, 3.63) is 70.0 Å². The first kappa shape index (κ1) is 14.9. The van der Waals surface area contributed by atoms with Crippen LogP contribution in [0.15, 0.2) is 36.4 Å². The summed E-state index contributed by atoms with van der Waals surface area (Å²) >= 11 is 0. The van der Waals surface area contributed by atoms with Crippen LogP contribution in [0, 0.1) is 37.9 Å². The minimum atomic E-state index is -1.12. The molecule has 0 spiro atoms. The van der Waals surface area contributed by atoms with Crippen LogP contribution < -0.4 is 0 Å². The Morgan fingerprint density at radius 2 is 1.71 bits per heavy atom. The molecule has 0 saturated heterocycles. The molecule has 1 atom stereocenters. The summed E-state index contributed by atoms with van der Waals surface area (Å²) in [6, 6.07) is 11.7. The van der Waals surface area contributed by atoms with Crippen molar-refractivity contribution >= 4 is 5.78 Å². The highest BCUT2D eigenvalue weighted by Gasteiger charge is 2.26. The SMILES string of the molecule is Cc1cc(C)c(C(=O)C(C#N)c2ccccc2F)c(C)c1. The second-order valence-electron chi connectivity index (χ2n) is 5.22. The van der Waals surface area contributed by atoms with Gasteiger partial charge in [-0.2, -0.15) is 5.26 Å². The number of nitrogens with zero attached hydrogens (tertiary/aromatic N) is 1. The number of ketones is 1. The van der Waals surface area contributed by atoms with Gasteiger partial charge >= 0.3 is 0 Å². The maximum absolute atomic E-state index is 13.9. The molecule has 0 bridgehead atoms. The smallest absolute Gasteiger partial charge is 0.185 e. The monoisotopic (exact) mass is 281 g/mol. The number of hydrogen-bond acceptors (Lipinski definition) is 2. The van der Waals surface area contributed by atoms with Gasteiger partial charge in [0, 0.05) is 11.1 Å². The highest BCUT2D eigenvalue weighted by atomic mass is 19.1. The van der Waals surface area contributed by atoms with Gasteiger partial charge in [-0.25, -0.2) is 4.39 Å². The van der Waals surface area contributed by atoms with E-state index < -0.39 is 11.7 Å². The van der Waals surface area contributed by atoms with Gasteiger partial charge in [0.05, 0.1) is 6.07 Å². The molecule has 0 aliphatic rings. The summed E-state index contributed by atoms with van der Waals surface area (Å²) in [6.07, 6.45) is 0. The van der Waals surface area contributed by atoms with Crippen molar-refractivity contribution in [2.24, 2.45) is 0 Å². The maximum atomic E-state index is 13.9. The van der Waals surface area contributed by atoms with E-state index in [1.54, 1.807) is 12.1 Å². The summed E-state index contributed by atoms with van der Waals surface area (Å²) in [5.41, 5.74) is 3.32. The number of rotatable bonds is 3. The van der Waals surface area contributed by atoms with Crippen LogP contribution in [0.25, 0.3) is 0 Å². The predicted octanol–water partition coefficient (Wildman–Crippen LogP) is 4.24. The minimum Gasteiger partial charge on any atom is -0.292 e. The molecule has 2 rings (SSSR count). The molecule has 0 aromatic heterocycles. The fraction of sp³-hybridized carbons (Fsp3) is 0.222. The van der Waals surface area contributed by atoms with Crippen molar-refractivity contribution < 1.29 is 9.18 Å². The molecular formula is C18H16FNO.